The van der Waals surface area contributed by atoms with Crippen molar-refractivity contribution in [1.82, 2.24) is 15.0 Å². The van der Waals surface area contributed by atoms with Crippen LogP contribution in [-0.2, 0) is 29.6 Å². The number of anilines is 6. The van der Waals surface area contributed by atoms with Gasteiger partial charge in [-0.15, -0.1) is 4.33 Å². The summed E-state index contributed by atoms with van der Waals surface area (Å²) < 4.78 is 87.5. The number of nitrogens with one attached hydrogen (secondary N) is 3. The van der Waals surface area contributed by atoms with Gasteiger partial charge in [0.1, 0.15) is 15.5 Å². The van der Waals surface area contributed by atoms with Gasteiger partial charge in [-0.25, -0.2) is 5.26 Å². The van der Waals surface area contributed by atoms with Gasteiger partial charge in [-0.2, -0.15) is 36.2 Å². The molecular formula is C22H16ClFN8O13S3. The van der Waals surface area contributed by atoms with E-state index >= 15 is 0 Å². The molecule has 26 heteroatoms. The topological polar surface area (TPSA) is 308 Å². The Labute approximate surface area is 276 Å². The van der Waals surface area contributed by atoms with Crippen molar-refractivity contribution in [3.05, 3.63) is 79.4 Å². The van der Waals surface area contributed by atoms with Crippen molar-refractivity contribution in [3.63, 3.8) is 0 Å². The van der Waals surface area contributed by atoms with Crippen molar-refractivity contribution in [2.45, 2.75) is 21.6 Å². The van der Waals surface area contributed by atoms with E-state index in [1.165, 1.54) is 6.07 Å². The molecular weight excluding hydrogens is 735 g/mol. The molecule has 6 N–H and O–H groups in total. The average molecular weight is 751 g/mol. The molecule has 0 aliphatic carbocycles. The van der Waals surface area contributed by atoms with Gasteiger partial charge in [0.25, 0.3) is 25.9 Å². The Morgan fingerprint density at radius 3 is 1.96 bits per heavy atom. The van der Waals surface area contributed by atoms with E-state index < -0.39 is 85.4 Å². The molecule has 1 aromatic heterocycles. The van der Waals surface area contributed by atoms with Crippen molar-refractivity contribution < 1.29 is 54.8 Å². The lowest BCUT2D eigenvalue weighted by molar-refractivity contribution is -0.432. The van der Waals surface area contributed by atoms with E-state index in [1.807, 2.05) is 0 Å². The summed E-state index contributed by atoms with van der Waals surface area (Å²) in [6.07, 6.45) is 0. The van der Waals surface area contributed by atoms with E-state index in [0.29, 0.717) is 34.3 Å². The molecule has 0 amide bonds. The molecule has 1 heterocycles. The third-order valence-corrected chi connectivity index (χ3v) is 8.53. The minimum atomic E-state index is -5.39. The Hall–Kier alpha value is -4.86. The van der Waals surface area contributed by atoms with Gasteiger partial charge in [-0.05, 0) is 54.4 Å². The molecule has 0 unspecified atom stereocenters. The molecule has 48 heavy (non-hydrogen) atoms. The average Bonchev–Trinajstić information content (AvgIpc) is 2.95. The van der Waals surface area contributed by atoms with Crippen LogP contribution >= 0.6 is 23.6 Å². The summed E-state index contributed by atoms with van der Waals surface area (Å²) in [4.78, 5) is 30.1. The smallest absolute Gasteiger partial charge is 0.311 e. The molecule has 0 aliphatic heterocycles. The number of halogens is 2. The molecule has 254 valence electrons. The van der Waals surface area contributed by atoms with E-state index in [0.717, 1.165) is 0 Å². The maximum absolute atomic E-state index is 14.4. The fourth-order valence-corrected chi connectivity index (χ4v) is 5.82. The molecule has 4 rings (SSSR count). The predicted octanol–water partition coefficient (Wildman–Crippen LogP) is 4.94. The molecule has 0 saturated carbocycles. The summed E-state index contributed by atoms with van der Waals surface area (Å²) in [5, 5.41) is 41.4. The van der Waals surface area contributed by atoms with Crippen molar-refractivity contribution in [3.8, 4) is 0 Å². The highest BCUT2D eigenvalue weighted by molar-refractivity contribution is 7.94. The normalized spacial score (nSPS) is 11.6. The highest BCUT2D eigenvalue weighted by Crippen LogP contribution is 2.39. The number of nitro benzene ring substituents is 2. The molecule has 0 fully saturated rings. The molecule has 0 aliphatic rings. The van der Waals surface area contributed by atoms with Crippen molar-refractivity contribution in [2.75, 3.05) is 16.0 Å². The second-order valence-corrected chi connectivity index (χ2v) is 12.8. The molecule has 4 aromatic rings. The first-order valence-corrected chi connectivity index (χ1v) is 16.1. The number of benzene rings is 3. The largest absolute Gasteiger partial charge is 0.349 e. The number of hydrogen-bond donors (Lipinski definition) is 6. The van der Waals surface area contributed by atoms with Crippen molar-refractivity contribution in [1.29, 1.82) is 0 Å². The van der Waals surface area contributed by atoms with Crippen LogP contribution < -0.4 is 16.0 Å². The van der Waals surface area contributed by atoms with Gasteiger partial charge in [-0.1, -0.05) is 5.04 Å². The minimum absolute atomic E-state index is 0.231. The number of hydrogen-bond acceptors (Lipinski definition) is 18. The van der Waals surface area contributed by atoms with Crippen LogP contribution in [0.3, 0.4) is 0 Å². The highest BCUT2D eigenvalue weighted by Gasteiger charge is 2.29. The van der Waals surface area contributed by atoms with Gasteiger partial charge in [0.2, 0.25) is 23.0 Å². The zero-order chi connectivity index (χ0) is 35.6. The van der Waals surface area contributed by atoms with E-state index in [2.05, 4.69) is 40.3 Å². The Morgan fingerprint density at radius 1 is 0.833 bits per heavy atom. The monoisotopic (exact) mass is 750 g/mol. The summed E-state index contributed by atoms with van der Waals surface area (Å²) in [5.41, 5.74) is -3.81. The van der Waals surface area contributed by atoms with Gasteiger partial charge in [0.15, 0.2) is 0 Å². The van der Waals surface area contributed by atoms with Crippen LogP contribution in [0.4, 0.5) is 50.4 Å². The zero-order valence-corrected chi connectivity index (χ0v) is 26.4. The van der Waals surface area contributed by atoms with Crippen molar-refractivity contribution in [2.24, 2.45) is 0 Å². The van der Waals surface area contributed by atoms with Gasteiger partial charge >= 0.3 is 5.69 Å². The van der Waals surface area contributed by atoms with Gasteiger partial charge in [0.05, 0.1) is 39.3 Å². The quantitative estimate of drug-likeness (QED) is 0.0346. The first-order chi connectivity index (χ1) is 22.4. The summed E-state index contributed by atoms with van der Waals surface area (Å²) in [5.74, 6) is -2.33. The third-order valence-electron chi connectivity index (χ3n) is 5.81. The first-order valence-electron chi connectivity index (χ1n) is 12.1. The van der Waals surface area contributed by atoms with Crippen LogP contribution in [0.25, 0.3) is 0 Å². The Kier molecular flexibility index (Phi) is 10.6. The van der Waals surface area contributed by atoms with Crippen molar-refractivity contribution >= 4 is 89.9 Å². The molecule has 0 spiro atoms. The second kappa shape index (κ2) is 14.1. The molecule has 0 saturated heterocycles. The third kappa shape index (κ3) is 8.53. The number of rotatable bonds is 13. The lowest BCUT2D eigenvalue weighted by Gasteiger charge is -2.16. The maximum atomic E-state index is 14.4. The fraction of sp³-hybridized carbons (Fsp3) is 0.0455. The predicted molar refractivity (Wildman–Crippen MR) is 162 cm³/mol. The highest BCUT2D eigenvalue weighted by atomic mass is 35.5. The number of aromatic nitrogens is 3. The SMILES string of the molecule is Cc1cc(Nc2nc(Cl)nc(Nc3cc(Nc4cc(F)c([N+](=O)[O-])cc4[N+](=O)[O-])c(S(=O)(=O)O)cc3S(=O)(=O)O)n2)ccc1SOOO. The van der Waals surface area contributed by atoms with Crippen LogP contribution in [-0.4, -0.2) is 56.0 Å². The number of nitrogens with zero attached hydrogens (tertiary/aromatic N) is 5. The van der Waals surface area contributed by atoms with Crippen LogP contribution in [0.15, 0.2) is 57.2 Å². The van der Waals surface area contributed by atoms with Crippen LogP contribution in [0.2, 0.25) is 5.28 Å². The Balaban J connectivity index is 1.81. The Morgan fingerprint density at radius 2 is 1.42 bits per heavy atom. The van der Waals surface area contributed by atoms with Crippen LogP contribution in [0.1, 0.15) is 5.56 Å². The maximum Gasteiger partial charge on any atom is 0.311 e. The van der Waals surface area contributed by atoms with Gasteiger partial charge in [0, 0.05) is 16.6 Å². The molecule has 21 nitrogen and oxygen atoms in total. The lowest BCUT2D eigenvalue weighted by atomic mass is 10.2. The van der Waals surface area contributed by atoms with E-state index in [4.69, 9.17) is 16.9 Å². The molecule has 0 radical (unpaired) electrons. The van der Waals surface area contributed by atoms with E-state index in [1.54, 1.807) is 19.1 Å². The zero-order valence-electron chi connectivity index (χ0n) is 23.2. The molecule has 0 bridgehead atoms. The minimum Gasteiger partial charge on any atom is -0.349 e. The molecule has 3 aromatic carbocycles. The van der Waals surface area contributed by atoms with Crippen LogP contribution in [0.5, 0.6) is 0 Å². The summed E-state index contributed by atoms with van der Waals surface area (Å²) in [6.45, 7) is 1.68. The standard InChI is InChI=1S/C22H16ClFN8O13S3/c1-9-4-10(2-3-17(9)46-45-44-37)25-21-28-20(23)29-22(30-21)27-14-6-13(18(47(38,39)40)8-19(14)48(41,42)43)26-12-5-11(24)15(31(33)34)7-16(12)32(35)36/h2-8,26,37H,1H3,(H,38,39,40)(H,41,42,43)(H2,25,27,28,29,30). The van der Waals surface area contributed by atoms with Gasteiger partial charge in [-0.3, -0.25) is 29.3 Å². The van der Waals surface area contributed by atoms with E-state index in [-0.39, 0.29) is 24.1 Å². The summed E-state index contributed by atoms with van der Waals surface area (Å²) >= 11 is 6.71. The fourth-order valence-electron chi connectivity index (χ4n) is 3.85. The second-order valence-electron chi connectivity index (χ2n) is 8.96. The van der Waals surface area contributed by atoms with Gasteiger partial charge < -0.3 is 16.0 Å². The summed E-state index contributed by atoms with van der Waals surface area (Å²) in [6, 6.07) is 6.08. The van der Waals surface area contributed by atoms with Crippen LogP contribution in [0, 0.1) is 33.0 Å². The first kappa shape index (κ1) is 36.0. The lowest BCUT2D eigenvalue weighted by Crippen LogP contribution is -2.11. The Bertz CT molecular complexity index is 2180. The number of aryl methyl sites for hydroxylation is 1. The summed E-state index contributed by atoms with van der Waals surface area (Å²) in [7, 11) is -10.7. The molecule has 0 atom stereocenters. The van der Waals surface area contributed by atoms with E-state index in [9.17, 15) is 50.6 Å². The number of nitro groups is 2.